The minimum atomic E-state index is -0.363. The smallest absolute Gasteiger partial charge is 0.315 e. The van der Waals surface area contributed by atoms with E-state index in [-0.39, 0.29) is 23.7 Å². The van der Waals surface area contributed by atoms with Crippen LogP contribution in [0.15, 0.2) is 59.4 Å². The molecule has 1 saturated carbocycles. The van der Waals surface area contributed by atoms with Crippen LogP contribution in [-0.2, 0) is 19.1 Å². The van der Waals surface area contributed by atoms with E-state index in [0.29, 0.717) is 16.5 Å². The van der Waals surface area contributed by atoms with Crippen molar-refractivity contribution in [1.82, 2.24) is 15.2 Å². The van der Waals surface area contributed by atoms with E-state index in [2.05, 4.69) is 17.6 Å². The summed E-state index contributed by atoms with van der Waals surface area (Å²) in [6, 6.07) is 16.9. The summed E-state index contributed by atoms with van der Waals surface area (Å²) in [7, 11) is 1.75. The van der Waals surface area contributed by atoms with Gasteiger partial charge in [0.25, 0.3) is 5.56 Å². The molecular weight excluding hydrogens is 386 g/mol. The van der Waals surface area contributed by atoms with Gasteiger partial charge in [0.05, 0.1) is 11.1 Å². The van der Waals surface area contributed by atoms with Gasteiger partial charge in [-0.3, -0.25) is 4.79 Å². The van der Waals surface area contributed by atoms with Crippen molar-refractivity contribution >= 4 is 28.5 Å². The zero-order valence-electron chi connectivity index (χ0n) is 16.5. The van der Waals surface area contributed by atoms with Crippen molar-refractivity contribution < 1.29 is 4.79 Å². The van der Waals surface area contributed by atoms with E-state index >= 15 is 0 Å². The summed E-state index contributed by atoms with van der Waals surface area (Å²) in [6.45, 7) is 2.30. The SMILES string of the molecule is CCC1CC1(NC(=O)NCc1cc2ccccc2n(C)c1=O)c1ccc(Cl)cc1. The van der Waals surface area contributed by atoms with Gasteiger partial charge in [-0.2, -0.15) is 0 Å². The summed E-state index contributed by atoms with van der Waals surface area (Å²) in [4.78, 5) is 25.3. The lowest BCUT2D eigenvalue weighted by atomic mass is 10.0. The molecule has 6 heteroatoms. The van der Waals surface area contributed by atoms with Crippen molar-refractivity contribution in [2.24, 2.45) is 13.0 Å². The van der Waals surface area contributed by atoms with Crippen molar-refractivity contribution in [1.29, 1.82) is 0 Å². The minimum absolute atomic E-state index is 0.103. The Balaban J connectivity index is 1.50. The van der Waals surface area contributed by atoms with Gasteiger partial charge in [-0.1, -0.05) is 55.3 Å². The van der Waals surface area contributed by atoms with E-state index in [1.807, 2.05) is 54.6 Å². The molecule has 1 aliphatic rings. The Bertz CT molecular complexity index is 1120. The van der Waals surface area contributed by atoms with Gasteiger partial charge in [0.2, 0.25) is 0 Å². The number of pyridine rings is 1. The van der Waals surface area contributed by atoms with Crippen LogP contribution in [0.4, 0.5) is 4.79 Å². The molecule has 3 aromatic rings. The van der Waals surface area contributed by atoms with Crippen LogP contribution in [0.3, 0.4) is 0 Å². The summed E-state index contributed by atoms with van der Waals surface area (Å²) >= 11 is 6.01. The number of hydrogen-bond donors (Lipinski definition) is 2. The predicted octanol–water partition coefficient (Wildman–Crippen LogP) is 4.32. The number of halogens is 1. The van der Waals surface area contributed by atoms with Crippen LogP contribution in [-0.4, -0.2) is 10.6 Å². The second kappa shape index (κ2) is 7.56. The van der Waals surface area contributed by atoms with Crippen LogP contribution in [0.5, 0.6) is 0 Å². The van der Waals surface area contributed by atoms with Crippen molar-refractivity contribution in [2.75, 3.05) is 0 Å². The van der Waals surface area contributed by atoms with Crippen LogP contribution in [0.25, 0.3) is 10.9 Å². The second-order valence-electron chi connectivity index (χ2n) is 7.69. The average Bonchev–Trinajstić information content (AvgIpc) is 3.44. The Kier molecular flexibility index (Phi) is 5.09. The number of amides is 2. The van der Waals surface area contributed by atoms with Crippen LogP contribution in [0, 0.1) is 5.92 Å². The van der Waals surface area contributed by atoms with Crippen molar-refractivity contribution in [3.8, 4) is 0 Å². The Morgan fingerprint density at radius 2 is 1.93 bits per heavy atom. The molecule has 150 valence electrons. The number of carbonyl (C=O) groups excluding carboxylic acids is 1. The maximum absolute atomic E-state index is 12.7. The number of aryl methyl sites for hydroxylation is 1. The molecule has 1 fully saturated rings. The molecule has 1 aliphatic carbocycles. The molecule has 2 N–H and O–H groups in total. The Hall–Kier alpha value is -2.79. The maximum Gasteiger partial charge on any atom is 0.315 e. The first kappa shape index (κ1) is 19.5. The van der Waals surface area contributed by atoms with Crippen molar-refractivity contribution in [2.45, 2.75) is 31.8 Å². The summed E-state index contributed by atoms with van der Waals surface area (Å²) < 4.78 is 1.62. The quantitative estimate of drug-likeness (QED) is 0.659. The molecule has 5 nitrogen and oxygen atoms in total. The van der Waals surface area contributed by atoms with Gasteiger partial charge in [-0.25, -0.2) is 4.79 Å². The summed E-state index contributed by atoms with van der Waals surface area (Å²) in [6.07, 6.45) is 1.88. The Labute approximate surface area is 174 Å². The molecule has 2 aromatic carbocycles. The largest absolute Gasteiger partial charge is 0.334 e. The molecule has 29 heavy (non-hydrogen) atoms. The van der Waals surface area contributed by atoms with Gasteiger partial charge in [0.15, 0.2) is 0 Å². The number of benzene rings is 2. The van der Waals surface area contributed by atoms with Gasteiger partial charge in [0, 0.05) is 24.2 Å². The first-order valence-electron chi connectivity index (χ1n) is 9.84. The number of fused-ring (bicyclic) bond motifs is 1. The number of rotatable bonds is 5. The van der Waals surface area contributed by atoms with E-state index in [1.54, 1.807) is 11.6 Å². The fourth-order valence-electron chi connectivity index (χ4n) is 4.19. The summed E-state index contributed by atoms with van der Waals surface area (Å²) in [5.74, 6) is 0.392. The van der Waals surface area contributed by atoms with Crippen LogP contribution < -0.4 is 16.2 Å². The zero-order chi connectivity index (χ0) is 20.6. The lowest BCUT2D eigenvalue weighted by Gasteiger charge is -2.21. The molecule has 4 rings (SSSR count). The zero-order valence-corrected chi connectivity index (χ0v) is 17.3. The fourth-order valence-corrected chi connectivity index (χ4v) is 4.31. The average molecular weight is 410 g/mol. The lowest BCUT2D eigenvalue weighted by molar-refractivity contribution is 0.234. The van der Waals surface area contributed by atoms with Crippen LogP contribution >= 0.6 is 11.6 Å². The van der Waals surface area contributed by atoms with E-state index in [9.17, 15) is 9.59 Å². The van der Waals surface area contributed by atoms with Crippen molar-refractivity contribution in [3.05, 3.63) is 81.1 Å². The number of para-hydroxylation sites is 1. The highest BCUT2D eigenvalue weighted by atomic mass is 35.5. The number of nitrogens with one attached hydrogen (secondary N) is 2. The highest BCUT2D eigenvalue weighted by Gasteiger charge is 2.55. The molecule has 1 heterocycles. The number of carbonyl (C=O) groups is 1. The van der Waals surface area contributed by atoms with Crippen LogP contribution in [0.2, 0.25) is 5.02 Å². The van der Waals surface area contributed by atoms with E-state index in [0.717, 1.165) is 29.3 Å². The minimum Gasteiger partial charge on any atom is -0.334 e. The fraction of sp³-hybridized carbons (Fsp3) is 0.304. The number of hydrogen-bond acceptors (Lipinski definition) is 2. The normalized spacial score (nSPS) is 20.4. The second-order valence-corrected chi connectivity index (χ2v) is 8.12. The molecule has 0 radical (unpaired) electrons. The molecule has 1 aromatic heterocycles. The highest BCUT2D eigenvalue weighted by Crippen LogP contribution is 2.53. The first-order valence-corrected chi connectivity index (χ1v) is 10.2. The third-order valence-electron chi connectivity index (χ3n) is 5.94. The maximum atomic E-state index is 12.7. The molecule has 0 spiro atoms. The summed E-state index contributed by atoms with van der Waals surface area (Å²) in [5.41, 5.74) is 2.03. The standard InChI is InChI=1S/C23H24ClN3O2/c1-3-17-13-23(17,18-8-10-19(24)11-9-18)26-22(29)25-14-16-12-15-6-4-5-7-20(15)27(2)21(16)28/h4-12,17H,3,13-14H2,1-2H3,(H2,25,26,29). The van der Waals surface area contributed by atoms with Gasteiger partial charge in [-0.05, 0) is 47.6 Å². The highest BCUT2D eigenvalue weighted by molar-refractivity contribution is 6.30. The molecule has 2 atom stereocenters. The molecule has 0 aliphatic heterocycles. The summed E-state index contributed by atoms with van der Waals surface area (Å²) in [5, 5.41) is 7.65. The molecule has 0 bridgehead atoms. The van der Waals surface area contributed by atoms with Gasteiger partial charge >= 0.3 is 6.03 Å². The van der Waals surface area contributed by atoms with Gasteiger partial charge < -0.3 is 15.2 Å². The third-order valence-corrected chi connectivity index (χ3v) is 6.19. The lowest BCUT2D eigenvalue weighted by Crippen LogP contribution is -2.43. The number of urea groups is 1. The number of aromatic nitrogens is 1. The van der Waals surface area contributed by atoms with Gasteiger partial charge in [-0.15, -0.1) is 0 Å². The molecule has 2 amide bonds. The number of nitrogens with zero attached hydrogens (tertiary/aromatic N) is 1. The predicted molar refractivity (Wildman–Crippen MR) is 116 cm³/mol. The van der Waals surface area contributed by atoms with E-state index in [1.165, 1.54) is 0 Å². The van der Waals surface area contributed by atoms with E-state index < -0.39 is 0 Å². The topological polar surface area (TPSA) is 63.1 Å². The molecular formula is C23H24ClN3O2. The van der Waals surface area contributed by atoms with Gasteiger partial charge in [0.1, 0.15) is 0 Å². The first-order chi connectivity index (χ1) is 13.9. The third kappa shape index (κ3) is 3.62. The van der Waals surface area contributed by atoms with Crippen molar-refractivity contribution in [3.63, 3.8) is 0 Å². The monoisotopic (exact) mass is 409 g/mol. The Morgan fingerprint density at radius 3 is 2.62 bits per heavy atom. The van der Waals surface area contributed by atoms with E-state index in [4.69, 9.17) is 11.6 Å². The molecule has 0 saturated heterocycles. The van der Waals surface area contributed by atoms with Crippen LogP contribution in [0.1, 0.15) is 30.9 Å². The molecule has 2 unspecified atom stereocenters. The Morgan fingerprint density at radius 1 is 1.21 bits per heavy atom.